The molecule has 1 rings (SSSR count). The molecule has 0 N–H and O–H groups in total. The highest BCUT2D eigenvalue weighted by molar-refractivity contribution is 5.71. The maximum atomic E-state index is 5.45. The fraction of sp³-hybridized carbons (Fsp3) is 0.462. The third-order valence-electron chi connectivity index (χ3n) is 1.97. The van der Waals surface area contributed by atoms with Crippen molar-refractivity contribution in [2.24, 2.45) is 4.99 Å². The van der Waals surface area contributed by atoms with Crippen molar-refractivity contribution in [1.29, 1.82) is 0 Å². The molecule has 3 nitrogen and oxygen atoms in total. The molecule has 0 spiro atoms. The third kappa shape index (κ3) is 4.82. The number of benzene rings is 1. The lowest BCUT2D eigenvalue weighted by molar-refractivity contribution is 0.171. The van der Waals surface area contributed by atoms with Gasteiger partial charge < -0.3 is 9.47 Å². The largest absolute Gasteiger partial charge is 0.451 e. The third-order valence-corrected chi connectivity index (χ3v) is 1.97. The van der Waals surface area contributed by atoms with Gasteiger partial charge in [-0.1, -0.05) is 31.5 Å². The number of hydrogen-bond acceptors (Lipinski definition) is 3. The van der Waals surface area contributed by atoms with E-state index in [0.29, 0.717) is 19.3 Å². The lowest BCUT2D eigenvalue weighted by Gasteiger charge is -2.08. The molecule has 0 saturated heterocycles. The van der Waals surface area contributed by atoms with Crippen molar-refractivity contribution in [1.82, 2.24) is 0 Å². The van der Waals surface area contributed by atoms with Crippen LogP contribution in [0.2, 0.25) is 0 Å². The number of nitrogens with zero attached hydrogens (tertiary/aromatic N) is 1. The second-order valence-electron chi connectivity index (χ2n) is 3.35. The Hall–Kier alpha value is -1.51. The van der Waals surface area contributed by atoms with Gasteiger partial charge in [-0.15, -0.1) is 0 Å². The van der Waals surface area contributed by atoms with Crippen molar-refractivity contribution in [3.05, 3.63) is 30.3 Å². The van der Waals surface area contributed by atoms with Gasteiger partial charge in [0.25, 0.3) is 0 Å². The first-order chi connectivity index (χ1) is 7.86. The molecule has 1 aromatic carbocycles. The number of hydrogen-bond donors (Lipinski definition) is 0. The van der Waals surface area contributed by atoms with E-state index in [1.807, 2.05) is 37.3 Å². The summed E-state index contributed by atoms with van der Waals surface area (Å²) in [6.45, 7) is 5.27. The predicted octanol–water partition coefficient (Wildman–Crippen LogP) is 3.53. The van der Waals surface area contributed by atoms with Crippen molar-refractivity contribution in [3.8, 4) is 0 Å². The highest BCUT2D eigenvalue weighted by Crippen LogP contribution is 2.11. The molecule has 88 valence electrons. The van der Waals surface area contributed by atoms with Crippen LogP contribution in [-0.4, -0.2) is 19.3 Å². The Labute approximate surface area is 97.1 Å². The lowest BCUT2D eigenvalue weighted by atomic mass is 10.3. The number of unbranched alkanes of at least 4 members (excludes halogenated alkanes) is 1. The van der Waals surface area contributed by atoms with Gasteiger partial charge in [-0.2, -0.15) is 4.99 Å². The average Bonchev–Trinajstić information content (AvgIpc) is 2.31. The molecule has 0 fully saturated rings. The molecule has 0 aliphatic rings. The molecule has 3 heteroatoms. The molecule has 1 aromatic rings. The molecule has 0 bridgehead atoms. The normalized spacial score (nSPS) is 11.2. The summed E-state index contributed by atoms with van der Waals surface area (Å²) < 4.78 is 10.8. The fourth-order valence-electron chi connectivity index (χ4n) is 1.14. The van der Waals surface area contributed by atoms with Crippen molar-refractivity contribution in [2.45, 2.75) is 26.7 Å². The van der Waals surface area contributed by atoms with Gasteiger partial charge in [0.05, 0.1) is 18.9 Å². The zero-order valence-corrected chi connectivity index (χ0v) is 9.98. The fourth-order valence-corrected chi connectivity index (χ4v) is 1.14. The molecule has 0 atom stereocenters. The van der Waals surface area contributed by atoms with Crippen LogP contribution in [0.1, 0.15) is 26.7 Å². The van der Waals surface area contributed by atoms with Gasteiger partial charge in [0.1, 0.15) is 0 Å². The summed E-state index contributed by atoms with van der Waals surface area (Å²) in [5.41, 5.74) is 0.849. The quantitative estimate of drug-likeness (QED) is 0.432. The van der Waals surface area contributed by atoms with E-state index >= 15 is 0 Å². The molecule has 0 unspecified atom stereocenters. The van der Waals surface area contributed by atoms with Crippen LogP contribution >= 0.6 is 0 Å². The van der Waals surface area contributed by atoms with E-state index in [-0.39, 0.29) is 0 Å². The molecule has 0 aliphatic heterocycles. The van der Waals surface area contributed by atoms with Gasteiger partial charge in [0.2, 0.25) is 0 Å². The van der Waals surface area contributed by atoms with Gasteiger partial charge in [-0.25, -0.2) is 0 Å². The predicted molar refractivity (Wildman–Crippen MR) is 66.0 cm³/mol. The van der Waals surface area contributed by atoms with E-state index in [1.165, 1.54) is 0 Å². The van der Waals surface area contributed by atoms with Crippen LogP contribution < -0.4 is 0 Å². The van der Waals surface area contributed by atoms with Crippen LogP contribution in [0.3, 0.4) is 0 Å². The Balaban J connectivity index is 2.58. The Kier molecular flexibility index (Phi) is 6.07. The molecule has 0 heterocycles. The number of para-hydroxylation sites is 1. The first-order valence-electron chi connectivity index (χ1n) is 5.76. The van der Waals surface area contributed by atoms with Crippen molar-refractivity contribution in [3.63, 3.8) is 0 Å². The van der Waals surface area contributed by atoms with Crippen LogP contribution in [0, 0.1) is 0 Å². The van der Waals surface area contributed by atoms with E-state index in [4.69, 9.17) is 9.47 Å². The van der Waals surface area contributed by atoms with Crippen LogP contribution in [-0.2, 0) is 9.47 Å². The van der Waals surface area contributed by atoms with Gasteiger partial charge in [0.15, 0.2) is 0 Å². The van der Waals surface area contributed by atoms with Gasteiger partial charge in [-0.05, 0) is 25.5 Å². The maximum absolute atomic E-state index is 5.45. The van der Waals surface area contributed by atoms with Crippen molar-refractivity contribution < 1.29 is 9.47 Å². The smallest absolute Gasteiger partial charge is 0.388 e. The van der Waals surface area contributed by atoms with E-state index in [0.717, 1.165) is 18.5 Å². The van der Waals surface area contributed by atoms with E-state index < -0.39 is 0 Å². The minimum Gasteiger partial charge on any atom is -0.451 e. The van der Waals surface area contributed by atoms with Crippen LogP contribution in [0.25, 0.3) is 0 Å². The number of rotatable bonds is 5. The molecular formula is C13H19NO2. The minimum absolute atomic E-state index is 0.363. The first kappa shape index (κ1) is 12.6. The Morgan fingerprint density at radius 1 is 1.12 bits per heavy atom. The van der Waals surface area contributed by atoms with Crippen LogP contribution in [0.4, 0.5) is 5.69 Å². The van der Waals surface area contributed by atoms with E-state index in [9.17, 15) is 0 Å². The molecule has 0 saturated carbocycles. The minimum atomic E-state index is 0.363. The molecule has 0 aromatic heterocycles. The second kappa shape index (κ2) is 7.74. The zero-order chi connectivity index (χ0) is 11.6. The summed E-state index contributed by atoms with van der Waals surface area (Å²) >= 11 is 0. The molecule has 0 radical (unpaired) electrons. The highest BCUT2D eigenvalue weighted by Gasteiger charge is 2.00. The summed E-state index contributed by atoms with van der Waals surface area (Å²) in [7, 11) is 0. The van der Waals surface area contributed by atoms with Gasteiger partial charge in [0, 0.05) is 0 Å². The monoisotopic (exact) mass is 221 g/mol. The standard InChI is InChI=1S/C13H19NO2/c1-3-5-11-16-13(15-4-2)14-12-9-7-6-8-10-12/h6-10H,3-5,11H2,1-2H3. The Bertz CT molecular complexity index is 309. The molecule has 16 heavy (non-hydrogen) atoms. The van der Waals surface area contributed by atoms with Gasteiger partial charge >= 0.3 is 6.08 Å². The van der Waals surface area contributed by atoms with Gasteiger partial charge in [-0.3, -0.25) is 0 Å². The average molecular weight is 221 g/mol. The number of ether oxygens (including phenoxy) is 2. The topological polar surface area (TPSA) is 30.8 Å². The van der Waals surface area contributed by atoms with E-state index in [2.05, 4.69) is 11.9 Å². The Morgan fingerprint density at radius 3 is 2.50 bits per heavy atom. The number of aliphatic imine (C=N–C) groups is 1. The maximum Gasteiger partial charge on any atom is 0.388 e. The summed E-state index contributed by atoms with van der Waals surface area (Å²) in [5, 5.41) is 0. The zero-order valence-electron chi connectivity index (χ0n) is 9.98. The van der Waals surface area contributed by atoms with Crippen molar-refractivity contribution in [2.75, 3.05) is 13.2 Å². The first-order valence-corrected chi connectivity index (χ1v) is 5.76. The SMILES string of the molecule is CCCCOC(=Nc1ccccc1)OCC. The summed E-state index contributed by atoms with van der Waals surface area (Å²) in [6.07, 6.45) is 2.48. The Morgan fingerprint density at radius 2 is 1.88 bits per heavy atom. The van der Waals surface area contributed by atoms with E-state index in [1.54, 1.807) is 0 Å². The molecule has 0 aliphatic carbocycles. The summed E-state index contributed by atoms with van der Waals surface area (Å²) in [5.74, 6) is 0. The molecular weight excluding hydrogens is 202 g/mol. The lowest BCUT2D eigenvalue weighted by Crippen LogP contribution is -2.10. The summed E-state index contributed by atoms with van der Waals surface area (Å²) in [6, 6.07) is 9.67. The highest BCUT2D eigenvalue weighted by atomic mass is 16.7. The van der Waals surface area contributed by atoms with Crippen LogP contribution in [0.15, 0.2) is 35.3 Å². The summed E-state index contributed by atoms with van der Waals surface area (Å²) in [4.78, 5) is 4.29. The second-order valence-corrected chi connectivity index (χ2v) is 3.35. The van der Waals surface area contributed by atoms with Crippen LogP contribution in [0.5, 0.6) is 0 Å². The van der Waals surface area contributed by atoms with Crippen molar-refractivity contribution >= 4 is 11.8 Å². The molecule has 0 amide bonds.